The number of hydrogen-bond acceptors (Lipinski definition) is 6. The van der Waals surface area contributed by atoms with Crippen LogP contribution in [-0.4, -0.2) is 34.7 Å². The van der Waals surface area contributed by atoms with E-state index in [1.54, 1.807) is 6.07 Å². The van der Waals surface area contributed by atoms with E-state index in [2.05, 4.69) is 0 Å². The molecule has 1 fully saturated rings. The standard InChI is InChI=1S/C16H10ClN3O6/c1-19-15(22)11(14(21)18-16(19)23)7-9-3-5-13(26-9)10-4-2-8(20(24)25)6-12(10)17/h2-7H,1H3,(H,18,21,23)/b11-7+. The van der Waals surface area contributed by atoms with Crippen molar-refractivity contribution in [3.8, 4) is 11.3 Å². The van der Waals surface area contributed by atoms with Crippen molar-refractivity contribution < 1.29 is 23.7 Å². The number of imide groups is 2. The molecule has 9 nitrogen and oxygen atoms in total. The molecule has 1 N–H and O–H groups in total. The summed E-state index contributed by atoms with van der Waals surface area (Å²) in [5, 5.41) is 12.9. The van der Waals surface area contributed by atoms with Gasteiger partial charge in [0.15, 0.2) is 0 Å². The number of rotatable bonds is 3. The van der Waals surface area contributed by atoms with Crippen molar-refractivity contribution in [2.45, 2.75) is 0 Å². The SMILES string of the molecule is CN1C(=O)NC(=O)/C(=C\c2ccc(-c3ccc([N+](=O)[O-])cc3Cl)o2)C1=O. The van der Waals surface area contributed by atoms with Crippen LogP contribution in [0.3, 0.4) is 0 Å². The third-order valence-electron chi connectivity index (χ3n) is 3.65. The minimum absolute atomic E-state index is 0.115. The molecule has 3 rings (SSSR count). The largest absolute Gasteiger partial charge is 0.457 e. The highest BCUT2D eigenvalue weighted by Crippen LogP contribution is 2.32. The number of carbonyl (C=O) groups is 3. The molecule has 0 atom stereocenters. The van der Waals surface area contributed by atoms with Crippen LogP contribution in [0.4, 0.5) is 10.5 Å². The van der Waals surface area contributed by atoms with Crippen molar-refractivity contribution in [1.82, 2.24) is 10.2 Å². The highest BCUT2D eigenvalue weighted by Gasteiger charge is 2.33. The highest BCUT2D eigenvalue weighted by atomic mass is 35.5. The number of nitro benzene ring substituents is 1. The van der Waals surface area contributed by atoms with Gasteiger partial charge in [0.1, 0.15) is 17.1 Å². The fraction of sp³-hybridized carbons (Fsp3) is 0.0625. The average Bonchev–Trinajstić information content (AvgIpc) is 3.05. The van der Waals surface area contributed by atoms with Gasteiger partial charge in [-0.2, -0.15) is 0 Å². The van der Waals surface area contributed by atoms with Crippen LogP contribution >= 0.6 is 11.6 Å². The van der Waals surface area contributed by atoms with Crippen molar-refractivity contribution in [2.75, 3.05) is 7.05 Å². The molecular formula is C16H10ClN3O6. The Morgan fingerprint density at radius 3 is 2.62 bits per heavy atom. The molecule has 1 aliphatic heterocycles. The minimum atomic E-state index is -0.829. The zero-order chi connectivity index (χ0) is 19.0. The Morgan fingerprint density at radius 1 is 1.23 bits per heavy atom. The number of non-ortho nitro benzene ring substituents is 1. The van der Waals surface area contributed by atoms with E-state index in [1.807, 2.05) is 5.32 Å². The van der Waals surface area contributed by atoms with E-state index in [4.69, 9.17) is 16.0 Å². The molecule has 1 saturated heterocycles. The van der Waals surface area contributed by atoms with Crippen LogP contribution in [0.1, 0.15) is 5.76 Å². The predicted octanol–water partition coefficient (Wildman–Crippen LogP) is 2.60. The minimum Gasteiger partial charge on any atom is -0.457 e. The van der Waals surface area contributed by atoms with Crippen LogP contribution in [-0.2, 0) is 9.59 Å². The lowest BCUT2D eigenvalue weighted by Gasteiger charge is -2.21. The maximum atomic E-state index is 12.0. The smallest absolute Gasteiger partial charge is 0.331 e. The van der Waals surface area contributed by atoms with Crippen molar-refractivity contribution in [2.24, 2.45) is 0 Å². The molecule has 26 heavy (non-hydrogen) atoms. The van der Waals surface area contributed by atoms with Gasteiger partial charge in [-0.3, -0.25) is 29.9 Å². The molecular weight excluding hydrogens is 366 g/mol. The summed E-state index contributed by atoms with van der Waals surface area (Å²) in [6.07, 6.45) is 1.20. The topological polar surface area (TPSA) is 123 Å². The molecule has 0 spiro atoms. The van der Waals surface area contributed by atoms with Gasteiger partial charge in [0, 0.05) is 24.7 Å². The summed E-state index contributed by atoms with van der Waals surface area (Å²) >= 11 is 6.05. The van der Waals surface area contributed by atoms with E-state index in [9.17, 15) is 24.5 Å². The number of urea groups is 1. The van der Waals surface area contributed by atoms with Gasteiger partial charge >= 0.3 is 6.03 Å². The van der Waals surface area contributed by atoms with Crippen molar-refractivity contribution in [1.29, 1.82) is 0 Å². The first-order valence-electron chi connectivity index (χ1n) is 7.17. The quantitative estimate of drug-likeness (QED) is 0.380. The Hall–Kier alpha value is -3.46. The van der Waals surface area contributed by atoms with Crippen LogP contribution in [0.2, 0.25) is 5.02 Å². The Balaban J connectivity index is 1.93. The summed E-state index contributed by atoms with van der Waals surface area (Å²) < 4.78 is 5.55. The van der Waals surface area contributed by atoms with E-state index in [-0.39, 0.29) is 22.0 Å². The summed E-state index contributed by atoms with van der Waals surface area (Å²) in [7, 11) is 1.24. The maximum absolute atomic E-state index is 12.0. The number of nitro groups is 1. The second-order valence-corrected chi connectivity index (χ2v) is 5.71. The number of hydrogen-bond donors (Lipinski definition) is 1. The Morgan fingerprint density at radius 2 is 1.96 bits per heavy atom. The van der Waals surface area contributed by atoms with Gasteiger partial charge in [-0.05, 0) is 24.3 Å². The molecule has 4 amide bonds. The summed E-state index contributed by atoms with van der Waals surface area (Å²) in [6, 6.07) is 6.13. The number of nitrogens with zero attached hydrogens (tertiary/aromatic N) is 2. The molecule has 10 heteroatoms. The highest BCUT2D eigenvalue weighted by molar-refractivity contribution is 6.33. The number of amides is 4. The molecule has 0 saturated carbocycles. The van der Waals surface area contributed by atoms with E-state index in [1.165, 1.54) is 37.4 Å². The number of carbonyl (C=O) groups excluding carboxylic acids is 3. The number of nitrogens with one attached hydrogen (secondary N) is 1. The molecule has 0 unspecified atom stereocenters. The average molecular weight is 376 g/mol. The number of likely N-dealkylation sites (N-methyl/N-ethyl adjacent to an activating group) is 1. The zero-order valence-electron chi connectivity index (χ0n) is 13.2. The normalized spacial score (nSPS) is 16.2. The first kappa shape index (κ1) is 17.4. The number of benzene rings is 1. The van der Waals surface area contributed by atoms with Gasteiger partial charge in [0.25, 0.3) is 17.5 Å². The molecule has 2 heterocycles. The van der Waals surface area contributed by atoms with Crippen LogP contribution in [0, 0.1) is 10.1 Å². The Labute approximate surface area is 151 Å². The summed E-state index contributed by atoms with van der Waals surface area (Å²) in [5.74, 6) is -1.12. The lowest BCUT2D eigenvalue weighted by Crippen LogP contribution is -2.52. The number of halogens is 1. The van der Waals surface area contributed by atoms with Crippen LogP contribution in [0.5, 0.6) is 0 Å². The fourth-order valence-corrected chi connectivity index (χ4v) is 2.55. The maximum Gasteiger partial charge on any atom is 0.331 e. The van der Waals surface area contributed by atoms with Crippen LogP contribution < -0.4 is 5.32 Å². The first-order chi connectivity index (χ1) is 12.3. The second-order valence-electron chi connectivity index (χ2n) is 5.30. The van der Waals surface area contributed by atoms with Gasteiger partial charge in [0.05, 0.1) is 9.95 Å². The predicted molar refractivity (Wildman–Crippen MR) is 90.1 cm³/mol. The lowest BCUT2D eigenvalue weighted by atomic mass is 10.1. The molecule has 0 radical (unpaired) electrons. The van der Waals surface area contributed by atoms with Crippen molar-refractivity contribution in [3.05, 3.63) is 56.8 Å². The molecule has 1 aromatic carbocycles. The van der Waals surface area contributed by atoms with E-state index in [0.29, 0.717) is 11.3 Å². The third kappa shape index (κ3) is 3.07. The molecule has 0 aliphatic carbocycles. The van der Waals surface area contributed by atoms with Gasteiger partial charge in [-0.15, -0.1) is 0 Å². The number of furan rings is 1. The van der Waals surface area contributed by atoms with Gasteiger partial charge in [0.2, 0.25) is 0 Å². The van der Waals surface area contributed by atoms with Crippen LogP contribution in [0.15, 0.2) is 40.3 Å². The van der Waals surface area contributed by atoms with E-state index < -0.39 is 22.8 Å². The van der Waals surface area contributed by atoms with Crippen molar-refractivity contribution in [3.63, 3.8) is 0 Å². The Kier molecular flexibility index (Phi) is 4.31. The molecule has 0 bridgehead atoms. The van der Waals surface area contributed by atoms with Gasteiger partial charge < -0.3 is 4.42 Å². The fourth-order valence-electron chi connectivity index (χ4n) is 2.28. The van der Waals surface area contributed by atoms with Gasteiger partial charge in [-0.1, -0.05) is 11.6 Å². The van der Waals surface area contributed by atoms with Crippen LogP contribution in [0.25, 0.3) is 17.4 Å². The molecule has 1 aromatic heterocycles. The summed E-state index contributed by atoms with van der Waals surface area (Å²) in [5.41, 5.74) is -0.0127. The summed E-state index contributed by atoms with van der Waals surface area (Å²) in [4.78, 5) is 46.2. The third-order valence-corrected chi connectivity index (χ3v) is 3.96. The molecule has 2 aromatic rings. The molecule has 1 aliphatic rings. The summed E-state index contributed by atoms with van der Waals surface area (Å²) in [6.45, 7) is 0. The Bertz CT molecular complexity index is 994. The first-order valence-corrected chi connectivity index (χ1v) is 7.55. The van der Waals surface area contributed by atoms with Gasteiger partial charge in [-0.25, -0.2) is 4.79 Å². The van der Waals surface area contributed by atoms with Crippen molar-refractivity contribution >= 4 is 41.2 Å². The zero-order valence-corrected chi connectivity index (χ0v) is 13.9. The molecule has 132 valence electrons. The number of barbiturate groups is 1. The lowest BCUT2D eigenvalue weighted by molar-refractivity contribution is -0.384. The van der Waals surface area contributed by atoms with E-state index in [0.717, 1.165) is 4.90 Å². The second kappa shape index (κ2) is 6.45. The van der Waals surface area contributed by atoms with E-state index >= 15 is 0 Å². The monoisotopic (exact) mass is 375 g/mol.